The first-order valence-electron chi connectivity index (χ1n) is 5.76. The van der Waals surface area contributed by atoms with Crippen LogP contribution in [0.4, 0.5) is 8.78 Å². The van der Waals surface area contributed by atoms with Crippen LogP contribution in [0.3, 0.4) is 0 Å². The average Bonchev–Trinajstić information content (AvgIpc) is 2.36. The zero-order valence-electron chi connectivity index (χ0n) is 10.8. The van der Waals surface area contributed by atoms with Gasteiger partial charge in [-0.15, -0.1) is 0 Å². The lowest BCUT2D eigenvalue weighted by atomic mass is 10.3. The Hall–Kier alpha value is -1.73. The number of ether oxygens (including phenoxy) is 1. The van der Waals surface area contributed by atoms with Crippen molar-refractivity contribution in [2.24, 2.45) is 0 Å². The lowest BCUT2D eigenvalue weighted by Gasteiger charge is -2.11. The van der Waals surface area contributed by atoms with Crippen molar-refractivity contribution in [3.8, 4) is 5.75 Å². The van der Waals surface area contributed by atoms with Gasteiger partial charge in [-0.1, -0.05) is 6.07 Å². The molecule has 1 aromatic carbocycles. The van der Waals surface area contributed by atoms with Crippen LogP contribution in [0.5, 0.6) is 5.75 Å². The maximum Gasteiger partial charge on any atom is 0.265 e. The number of aromatic nitrogens is 1. The van der Waals surface area contributed by atoms with E-state index < -0.39 is 31.3 Å². The van der Waals surface area contributed by atoms with Gasteiger partial charge in [-0.3, -0.25) is 4.98 Å². The zero-order valence-corrected chi connectivity index (χ0v) is 12.4. The van der Waals surface area contributed by atoms with E-state index in [1.807, 2.05) is 0 Å². The van der Waals surface area contributed by atoms with Crippen LogP contribution in [0.15, 0.2) is 35.2 Å². The van der Waals surface area contributed by atoms with Gasteiger partial charge in [-0.05, 0) is 25.1 Å². The summed E-state index contributed by atoms with van der Waals surface area (Å²) < 4.78 is 54.7. The molecule has 0 spiro atoms. The summed E-state index contributed by atoms with van der Waals surface area (Å²) in [6, 6.07) is 6.23. The van der Waals surface area contributed by atoms with Gasteiger partial charge >= 0.3 is 0 Å². The molecule has 0 radical (unpaired) electrons. The highest BCUT2D eigenvalue weighted by Crippen LogP contribution is 2.31. The van der Waals surface area contributed by atoms with Crippen LogP contribution in [0, 0.1) is 18.6 Å². The van der Waals surface area contributed by atoms with Gasteiger partial charge in [-0.25, -0.2) is 17.2 Å². The minimum Gasteiger partial charge on any atom is -0.483 e. The average molecular weight is 334 g/mol. The Morgan fingerprint density at radius 1 is 1.29 bits per heavy atom. The summed E-state index contributed by atoms with van der Waals surface area (Å²) in [5.74, 6) is -2.84. The fourth-order valence-electron chi connectivity index (χ4n) is 1.68. The number of rotatable bonds is 4. The Morgan fingerprint density at radius 3 is 2.62 bits per heavy atom. The summed E-state index contributed by atoms with van der Waals surface area (Å²) in [6.45, 7) is 1.58. The van der Waals surface area contributed by atoms with E-state index in [0.29, 0.717) is 17.8 Å². The molecule has 2 rings (SSSR count). The van der Waals surface area contributed by atoms with Gasteiger partial charge in [0.15, 0.2) is 11.6 Å². The molecule has 112 valence electrons. The molecule has 0 aliphatic rings. The molecule has 2 aromatic rings. The fourth-order valence-corrected chi connectivity index (χ4v) is 2.66. The minimum atomic E-state index is -4.34. The third-order valence-electron chi connectivity index (χ3n) is 2.55. The van der Waals surface area contributed by atoms with Crippen LogP contribution in [0.25, 0.3) is 0 Å². The van der Waals surface area contributed by atoms with Crippen molar-refractivity contribution in [1.82, 2.24) is 4.98 Å². The molecule has 0 saturated carbocycles. The quantitative estimate of drug-likeness (QED) is 0.806. The molecule has 4 nitrogen and oxygen atoms in total. The Balaban J connectivity index is 2.36. The van der Waals surface area contributed by atoms with Crippen molar-refractivity contribution in [2.75, 3.05) is 0 Å². The largest absolute Gasteiger partial charge is 0.483 e. The maximum absolute atomic E-state index is 13.7. The maximum atomic E-state index is 13.7. The van der Waals surface area contributed by atoms with Crippen molar-refractivity contribution in [1.29, 1.82) is 0 Å². The number of benzene rings is 1. The Labute approximate surface area is 124 Å². The molecular formula is C13H10ClF2NO3S. The van der Waals surface area contributed by atoms with Crippen LogP contribution >= 0.6 is 10.7 Å². The second-order valence-electron chi connectivity index (χ2n) is 4.21. The van der Waals surface area contributed by atoms with Gasteiger partial charge < -0.3 is 4.74 Å². The molecule has 21 heavy (non-hydrogen) atoms. The highest BCUT2D eigenvalue weighted by molar-refractivity contribution is 8.13. The molecule has 8 heteroatoms. The van der Waals surface area contributed by atoms with E-state index in [1.54, 1.807) is 25.1 Å². The van der Waals surface area contributed by atoms with Crippen molar-refractivity contribution in [3.63, 3.8) is 0 Å². The third-order valence-corrected chi connectivity index (χ3v) is 3.87. The Morgan fingerprint density at radius 2 is 2.00 bits per heavy atom. The predicted octanol–water partition coefficient (Wildman–Crippen LogP) is 3.17. The fraction of sp³-hybridized carbons (Fsp3) is 0.154. The van der Waals surface area contributed by atoms with Gasteiger partial charge in [0.1, 0.15) is 17.3 Å². The lowest BCUT2D eigenvalue weighted by molar-refractivity contribution is 0.276. The van der Waals surface area contributed by atoms with Crippen LogP contribution in [0.2, 0.25) is 0 Å². The van der Waals surface area contributed by atoms with Gasteiger partial charge in [0, 0.05) is 22.4 Å². The van der Waals surface area contributed by atoms with Crippen molar-refractivity contribution in [3.05, 3.63) is 53.4 Å². The summed E-state index contributed by atoms with van der Waals surface area (Å²) in [5.41, 5.74) is 1.19. The monoisotopic (exact) mass is 333 g/mol. The molecule has 0 unspecified atom stereocenters. The molecule has 0 saturated heterocycles. The summed E-state index contributed by atoms with van der Waals surface area (Å²) in [4.78, 5) is 3.37. The number of hydrogen-bond donors (Lipinski definition) is 0. The first-order valence-corrected chi connectivity index (χ1v) is 8.07. The smallest absolute Gasteiger partial charge is 0.265 e. The molecule has 0 aliphatic carbocycles. The summed E-state index contributed by atoms with van der Waals surface area (Å²) in [7, 11) is 0.814. The second-order valence-corrected chi connectivity index (χ2v) is 6.75. The minimum absolute atomic E-state index is 0.177. The van der Waals surface area contributed by atoms with Gasteiger partial charge in [0.25, 0.3) is 9.05 Å². The Kier molecular flexibility index (Phi) is 4.43. The standard InChI is InChI=1S/C13H10ClF2NO3S/c1-8-3-2-4-10(17-8)7-20-13-11(16)5-9(15)6-12(13)21(14,18)19/h2-6H,7H2,1H3. The number of halogens is 3. The summed E-state index contributed by atoms with van der Waals surface area (Å²) in [6.07, 6.45) is 0. The van der Waals surface area contributed by atoms with Gasteiger partial charge in [-0.2, -0.15) is 0 Å². The number of hydrogen-bond acceptors (Lipinski definition) is 4. The topological polar surface area (TPSA) is 56.3 Å². The molecule has 0 fully saturated rings. The Bertz CT molecular complexity index is 781. The van der Waals surface area contributed by atoms with Crippen LogP contribution in [-0.4, -0.2) is 13.4 Å². The van der Waals surface area contributed by atoms with Gasteiger partial charge in [0.2, 0.25) is 0 Å². The van der Waals surface area contributed by atoms with E-state index in [2.05, 4.69) is 4.98 Å². The molecule has 1 aromatic heterocycles. The van der Waals surface area contributed by atoms with Gasteiger partial charge in [0.05, 0.1) is 5.69 Å². The molecular weight excluding hydrogens is 324 g/mol. The third kappa shape index (κ3) is 3.89. The number of aryl methyl sites for hydroxylation is 1. The molecule has 0 bridgehead atoms. The second kappa shape index (κ2) is 5.95. The van der Waals surface area contributed by atoms with E-state index in [9.17, 15) is 17.2 Å². The van der Waals surface area contributed by atoms with E-state index in [-0.39, 0.29) is 6.61 Å². The number of pyridine rings is 1. The van der Waals surface area contributed by atoms with E-state index >= 15 is 0 Å². The van der Waals surface area contributed by atoms with Crippen LogP contribution in [-0.2, 0) is 15.7 Å². The van der Waals surface area contributed by atoms with Crippen molar-refractivity contribution >= 4 is 19.7 Å². The molecule has 0 amide bonds. The molecule has 0 atom stereocenters. The highest BCUT2D eigenvalue weighted by Gasteiger charge is 2.22. The lowest BCUT2D eigenvalue weighted by Crippen LogP contribution is -2.05. The summed E-state index contributed by atoms with van der Waals surface area (Å²) >= 11 is 0. The van der Waals surface area contributed by atoms with E-state index in [1.165, 1.54) is 0 Å². The highest BCUT2D eigenvalue weighted by atomic mass is 35.7. The predicted molar refractivity (Wildman–Crippen MR) is 72.7 cm³/mol. The first-order chi connectivity index (χ1) is 9.77. The van der Waals surface area contributed by atoms with Crippen molar-refractivity contribution in [2.45, 2.75) is 18.4 Å². The van der Waals surface area contributed by atoms with Crippen LogP contribution < -0.4 is 4.74 Å². The number of nitrogens with zero attached hydrogens (tertiary/aromatic N) is 1. The normalized spacial score (nSPS) is 11.4. The van der Waals surface area contributed by atoms with E-state index in [4.69, 9.17) is 15.4 Å². The molecule has 0 N–H and O–H groups in total. The van der Waals surface area contributed by atoms with E-state index in [0.717, 1.165) is 5.69 Å². The molecule has 0 aliphatic heterocycles. The van der Waals surface area contributed by atoms with Crippen molar-refractivity contribution < 1.29 is 21.9 Å². The molecule has 1 heterocycles. The SMILES string of the molecule is Cc1cccc(COc2c(F)cc(F)cc2S(=O)(=O)Cl)n1. The first kappa shape index (κ1) is 15.7. The zero-order chi connectivity index (χ0) is 15.6. The summed E-state index contributed by atoms with van der Waals surface area (Å²) in [5, 5.41) is 0. The van der Waals surface area contributed by atoms with Crippen LogP contribution in [0.1, 0.15) is 11.4 Å².